The Bertz CT molecular complexity index is 3650. The third kappa shape index (κ3) is 9.17. The molecular formula is C41H40F5N3O3S. The van der Waals surface area contributed by atoms with Gasteiger partial charge in [0.2, 0.25) is 5.91 Å². The number of hydrogen-bond acceptors (Lipinski definition) is 5. The number of aromatic nitrogens is 1. The van der Waals surface area contributed by atoms with Crippen molar-refractivity contribution in [2.45, 2.75) is 55.6 Å². The summed E-state index contributed by atoms with van der Waals surface area (Å²) in [6.07, 6.45) is -15.7. The number of carbonyl (C=O) groups is 1. The second-order valence-electron chi connectivity index (χ2n) is 10.0. The maximum absolute atomic E-state index is 16.1. The summed E-state index contributed by atoms with van der Waals surface area (Å²) in [6, 6.07) is -30.9. The maximum atomic E-state index is 16.1. The van der Waals surface area contributed by atoms with Gasteiger partial charge in [-0.25, -0.2) is 8.78 Å². The molecule has 0 radical (unpaired) electrons. The first-order valence-corrected chi connectivity index (χ1v) is 15.1. The molecule has 0 unspecified atom stereocenters. The van der Waals surface area contributed by atoms with Crippen LogP contribution in [-0.4, -0.2) is 59.5 Å². The SMILES string of the molecule is [2H]c1c([2H])c(F)c(F)c(C([2H])([2H])Sc2c([2H])c(=O)c3c([2H])c(C)c([2H])c([2H])c3n2C([2H])([2H])C(=O)N(C([2H])([2H])c2c([2H])c([2H])c(-c3c([2H])c([2H])c(C(F)(F)F)c([2H])c3[2H])c([2H])c2[2H])C2([2H])C([2H])([2H])C([2H])([2H])N(CC([2H])([2H])OC)C([2H])([2H])C2([2H])[2H])c1[2H]. The Hall–Kier alpha value is -4.52. The van der Waals surface area contributed by atoms with E-state index in [2.05, 4.69) is 4.74 Å². The number of alkyl halides is 3. The summed E-state index contributed by atoms with van der Waals surface area (Å²) < 4.78 is 361. The topological polar surface area (TPSA) is 54.8 Å². The molecule has 0 bridgehead atoms. The molecule has 0 aliphatic carbocycles. The molecule has 2 heterocycles. The van der Waals surface area contributed by atoms with Gasteiger partial charge >= 0.3 is 6.18 Å². The zero-order valence-corrected chi connectivity index (χ0v) is 27.4. The summed E-state index contributed by atoms with van der Waals surface area (Å²) in [4.78, 5) is 28.4. The quantitative estimate of drug-likeness (QED) is 0.0937. The number of nitrogens with zero attached hydrogens (tertiary/aromatic N) is 3. The summed E-state index contributed by atoms with van der Waals surface area (Å²) in [6.45, 7) is -23.6. The maximum Gasteiger partial charge on any atom is 0.416 e. The first kappa shape index (κ1) is 15.0. The van der Waals surface area contributed by atoms with E-state index >= 15 is 13.6 Å². The fraction of sp³-hybridized carbons (Fsp3) is 0.317. The Morgan fingerprint density at radius 1 is 1.02 bits per heavy atom. The monoisotopic (exact) mass is 781 g/mol. The lowest BCUT2D eigenvalue weighted by molar-refractivity contribution is -0.137. The molecule has 0 saturated carbocycles. The summed E-state index contributed by atoms with van der Waals surface area (Å²) in [5.41, 5.74) is -17.4. The van der Waals surface area contributed by atoms with Crippen molar-refractivity contribution in [1.82, 2.24) is 14.4 Å². The Balaban J connectivity index is 1.88. The van der Waals surface area contributed by atoms with Gasteiger partial charge in [-0.15, -0.1) is 11.8 Å². The van der Waals surface area contributed by atoms with Gasteiger partial charge in [0.25, 0.3) is 0 Å². The fourth-order valence-corrected chi connectivity index (χ4v) is 4.73. The molecule has 0 N–H and O–H groups in total. The zero-order valence-electron chi connectivity index (χ0n) is 58.6. The number of pyridine rings is 1. The number of halogens is 5. The molecule has 53 heavy (non-hydrogen) atoms. The van der Waals surface area contributed by atoms with Crippen LogP contribution in [0.15, 0.2) is 100 Å². The van der Waals surface area contributed by atoms with E-state index in [1.807, 2.05) is 0 Å². The second kappa shape index (κ2) is 16.7. The number of thioether (sulfide) groups is 1. The molecule has 278 valence electrons. The molecule has 5 aromatic rings. The van der Waals surface area contributed by atoms with Gasteiger partial charge in [0.15, 0.2) is 17.1 Å². The fourth-order valence-electron chi connectivity index (χ4n) is 4.02. The predicted molar refractivity (Wildman–Crippen MR) is 198 cm³/mol. The summed E-state index contributed by atoms with van der Waals surface area (Å²) in [5.74, 6) is -7.96. The van der Waals surface area contributed by atoms with Crippen molar-refractivity contribution < 1.29 is 75.3 Å². The Labute approximate surface area is 354 Å². The van der Waals surface area contributed by atoms with E-state index in [1.165, 1.54) is 0 Å². The van der Waals surface area contributed by atoms with E-state index in [0.717, 1.165) is 6.92 Å². The largest absolute Gasteiger partial charge is 0.416 e. The van der Waals surface area contributed by atoms with Gasteiger partial charge in [0, 0.05) is 75.6 Å². The van der Waals surface area contributed by atoms with Crippen LogP contribution < -0.4 is 5.43 Å². The molecule has 12 heteroatoms. The molecule has 6 nitrogen and oxygen atoms in total. The van der Waals surface area contributed by atoms with Crippen molar-refractivity contribution >= 4 is 28.6 Å². The van der Waals surface area contributed by atoms with Crippen molar-refractivity contribution in [3.8, 4) is 11.1 Å². The Kier molecular flexibility index (Phi) is 4.70. The van der Waals surface area contributed by atoms with E-state index in [0.29, 0.717) is 7.11 Å². The lowest BCUT2D eigenvalue weighted by Gasteiger charge is -2.39. The highest BCUT2D eigenvalue weighted by molar-refractivity contribution is 7.98. The summed E-state index contributed by atoms with van der Waals surface area (Å²) in [5, 5.41) is -3.24. The highest BCUT2D eigenvalue weighted by atomic mass is 32.2. The molecule has 4 aromatic carbocycles. The van der Waals surface area contributed by atoms with Gasteiger partial charge in [-0.05, 0) is 66.6 Å². The van der Waals surface area contributed by atoms with Gasteiger partial charge < -0.3 is 19.1 Å². The molecular weight excluding hydrogens is 710 g/mol. The molecule has 1 amide bonds. The van der Waals surface area contributed by atoms with Crippen LogP contribution in [0.5, 0.6) is 0 Å². The van der Waals surface area contributed by atoms with Crippen LogP contribution in [0, 0.1) is 18.6 Å². The first-order chi connectivity index (χ1) is 38.1. The van der Waals surface area contributed by atoms with Crippen molar-refractivity contribution in [2.24, 2.45) is 0 Å². The van der Waals surface area contributed by atoms with Crippen LogP contribution in [0.3, 0.4) is 0 Å². The van der Waals surface area contributed by atoms with Crippen molar-refractivity contribution in [2.75, 3.05) is 33.2 Å². The summed E-state index contributed by atoms with van der Waals surface area (Å²) >= 11 is -0.898. The number of likely N-dealkylation sites (tertiary alicyclic amines) is 1. The lowest BCUT2D eigenvalue weighted by atomic mass is 10.00. The lowest BCUT2D eigenvalue weighted by Crippen LogP contribution is -2.48. The van der Waals surface area contributed by atoms with E-state index in [4.69, 9.17) is 31.5 Å². The number of carbonyl (C=O) groups excluding carboxylic acids is 1. The number of methoxy groups -OCH3 is 1. The predicted octanol–water partition coefficient (Wildman–Crippen LogP) is 8.71. The minimum absolute atomic E-state index is 0.568. The van der Waals surface area contributed by atoms with Crippen LogP contribution in [0.4, 0.5) is 22.0 Å². The van der Waals surface area contributed by atoms with E-state index in [-0.39, 0.29) is 0 Å². The van der Waals surface area contributed by atoms with Crippen molar-refractivity contribution in [3.05, 3.63) is 135 Å². The Morgan fingerprint density at radius 3 is 2.36 bits per heavy atom. The number of amides is 1. The van der Waals surface area contributed by atoms with Gasteiger partial charge in [-0.1, -0.05) is 59.9 Å². The molecule has 6 rings (SSSR count). The molecule has 1 aromatic heterocycles. The highest BCUT2D eigenvalue weighted by Gasteiger charge is 2.31. The number of rotatable bonds is 12. The molecule has 0 spiro atoms. The van der Waals surface area contributed by atoms with Gasteiger partial charge in [-0.2, -0.15) is 13.2 Å². The standard InChI is InChI=1S/C41H40F5N3O3S/c1-27-6-15-36-34(22-27)37(50)23-39(53-26-31-4-3-5-35(42)40(31)43)49(36)25-38(51)48(33-16-18-47(19-17-33)20-21-52-2)24-28-7-9-29(10-8-28)30-11-13-32(14-12-30)41(44,45)46/h3-15,22-23,33H,16-21,24-26H2,1-2H3/i3D,4D,5D,6D,7D,8D,9D,10D,11D,12D,13D,14D,15D,16D2,17D2,18D2,19D2,21D2,22D,23D,24D2,25D2,26D2,33D. The molecule has 1 saturated heterocycles. The molecule has 0 atom stereocenters. The average Bonchev–Trinajstić information content (AvgIpc) is 0.666. The number of piperidine rings is 1. The highest BCUT2D eigenvalue weighted by Crippen LogP contribution is 2.32. The minimum Gasteiger partial charge on any atom is -0.383 e. The number of fused-ring (bicyclic) bond motifs is 1. The molecule has 1 aliphatic rings. The third-order valence-corrected chi connectivity index (χ3v) is 7.22. The minimum atomic E-state index is -5.63. The van der Waals surface area contributed by atoms with Crippen LogP contribution in [0.1, 0.15) is 78.9 Å². The van der Waals surface area contributed by atoms with E-state index in [1.54, 1.807) is 0 Å². The van der Waals surface area contributed by atoms with Crippen LogP contribution >= 0.6 is 11.8 Å². The number of benzene rings is 4. The van der Waals surface area contributed by atoms with Gasteiger partial charge in [-0.3, -0.25) is 9.59 Å². The number of ether oxygens (including phenoxy) is 1. The first-order valence-electron chi connectivity index (χ1n) is 30.3. The third-order valence-electron chi connectivity index (χ3n) is 6.44. The van der Waals surface area contributed by atoms with Gasteiger partial charge in [0.05, 0.1) is 52.8 Å². The van der Waals surface area contributed by atoms with Crippen LogP contribution in [-0.2, 0) is 34.4 Å². The van der Waals surface area contributed by atoms with Gasteiger partial charge in [0.1, 0.15) is 6.50 Å². The normalized spacial score (nSPS) is 28.4. The smallest absolute Gasteiger partial charge is 0.383 e. The zero-order chi connectivity index (χ0) is 66.0. The van der Waals surface area contributed by atoms with E-state index in [9.17, 15) is 30.3 Å². The van der Waals surface area contributed by atoms with Crippen molar-refractivity contribution in [3.63, 3.8) is 0 Å². The second-order valence-corrected chi connectivity index (χ2v) is 10.8. The van der Waals surface area contributed by atoms with Crippen molar-refractivity contribution in [1.29, 1.82) is 0 Å². The molecule has 1 aliphatic heterocycles. The Morgan fingerprint density at radius 2 is 1.70 bits per heavy atom. The number of hydrogen-bond donors (Lipinski definition) is 0. The molecule has 1 fully saturated rings. The average molecular weight is 782 g/mol. The van der Waals surface area contributed by atoms with Crippen LogP contribution in [0.25, 0.3) is 22.0 Å². The van der Waals surface area contributed by atoms with Crippen LogP contribution in [0.2, 0.25) is 0 Å². The summed E-state index contributed by atoms with van der Waals surface area (Å²) in [7, 11) is 0.608. The van der Waals surface area contributed by atoms with E-state index < -0.39 is 259 Å².